The predicted molar refractivity (Wildman–Crippen MR) is 109 cm³/mol. The van der Waals surface area contributed by atoms with E-state index < -0.39 is 6.04 Å². The molecule has 0 bridgehead atoms. The molecule has 142 valence electrons. The molecule has 2 atom stereocenters. The summed E-state index contributed by atoms with van der Waals surface area (Å²) in [6, 6.07) is 26.2. The Hall–Kier alpha value is -3.31. The van der Waals surface area contributed by atoms with Gasteiger partial charge in [0.1, 0.15) is 18.8 Å². The predicted octanol–water partition coefficient (Wildman–Crippen LogP) is 3.80. The molecule has 3 aromatic carbocycles. The van der Waals surface area contributed by atoms with Crippen molar-refractivity contribution in [3.8, 4) is 11.5 Å². The highest BCUT2D eigenvalue weighted by Gasteiger charge is 2.25. The molecule has 0 saturated carbocycles. The second-order valence-electron chi connectivity index (χ2n) is 6.60. The van der Waals surface area contributed by atoms with Crippen molar-refractivity contribution < 1.29 is 14.3 Å². The second-order valence-corrected chi connectivity index (χ2v) is 6.60. The summed E-state index contributed by atoms with van der Waals surface area (Å²) in [5.74, 6) is 1.36. The van der Waals surface area contributed by atoms with E-state index in [-0.39, 0.29) is 12.0 Å². The minimum absolute atomic E-state index is 0.116. The molecule has 2 N–H and O–H groups in total. The maximum absolute atomic E-state index is 12.9. The van der Waals surface area contributed by atoms with Gasteiger partial charge in [-0.25, -0.2) is 0 Å². The van der Waals surface area contributed by atoms with Crippen LogP contribution in [0.4, 0.5) is 5.69 Å². The average Bonchev–Trinajstić information content (AvgIpc) is 2.75. The molecule has 0 fully saturated rings. The molecule has 0 aromatic heterocycles. The second kappa shape index (κ2) is 8.59. The summed E-state index contributed by atoms with van der Waals surface area (Å²) in [4.78, 5) is 12.9. The number of ether oxygens (including phenoxy) is 2. The van der Waals surface area contributed by atoms with Gasteiger partial charge in [-0.2, -0.15) is 0 Å². The Labute approximate surface area is 164 Å². The van der Waals surface area contributed by atoms with Crippen LogP contribution in [-0.2, 0) is 4.79 Å². The van der Waals surface area contributed by atoms with Crippen LogP contribution in [0.3, 0.4) is 0 Å². The highest BCUT2D eigenvalue weighted by atomic mass is 16.6. The van der Waals surface area contributed by atoms with E-state index in [0.29, 0.717) is 13.2 Å². The van der Waals surface area contributed by atoms with E-state index in [4.69, 9.17) is 9.47 Å². The summed E-state index contributed by atoms with van der Waals surface area (Å²) < 4.78 is 11.8. The molecule has 5 heteroatoms. The summed E-state index contributed by atoms with van der Waals surface area (Å²) in [5.41, 5.74) is 1.66. The third-order valence-corrected chi connectivity index (χ3v) is 4.55. The first-order chi connectivity index (χ1) is 13.8. The largest absolute Gasteiger partial charge is 0.486 e. The lowest BCUT2D eigenvalue weighted by Gasteiger charge is -2.28. The van der Waals surface area contributed by atoms with Gasteiger partial charge in [-0.05, 0) is 29.8 Å². The number of para-hydroxylation sites is 3. The number of benzene rings is 3. The van der Waals surface area contributed by atoms with Crippen molar-refractivity contribution in [3.63, 3.8) is 0 Å². The summed E-state index contributed by atoms with van der Waals surface area (Å²) in [7, 11) is 0. The number of anilines is 1. The normalized spacial score (nSPS) is 16.2. The Morgan fingerprint density at radius 2 is 1.54 bits per heavy atom. The Balaban J connectivity index is 1.45. The van der Waals surface area contributed by atoms with Gasteiger partial charge in [-0.15, -0.1) is 0 Å². The van der Waals surface area contributed by atoms with Gasteiger partial charge in [-0.3, -0.25) is 10.1 Å². The zero-order chi connectivity index (χ0) is 19.2. The first-order valence-corrected chi connectivity index (χ1v) is 9.32. The maximum Gasteiger partial charge on any atom is 0.246 e. The number of amides is 1. The zero-order valence-corrected chi connectivity index (χ0v) is 15.4. The number of fused-ring (bicyclic) bond motifs is 1. The highest BCUT2D eigenvalue weighted by Crippen LogP contribution is 2.30. The smallest absolute Gasteiger partial charge is 0.246 e. The molecule has 28 heavy (non-hydrogen) atoms. The molecule has 0 spiro atoms. The first kappa shape index (κ1) is 18.1. The van der Waals surface area contributed by atoms with Crippen LogP contribution >= 0.6 is 0 Å². The topological polar surface area (TPSA) is 59.6 Å². The maximum atomic E-state index is 12.9. The lowest BCUT2D eigenvalue weighted by Crippen LogP contribution is -2.42. The quantitative estimate of drug-likeness (QED) is 0.689. The molecule has 4 rings (SSSR count). The molecular formula is C23H22N2O3. The molecule has 1 aliphatic heterocycles. The Morgan fingerprint density at radius 1 is 0.893 bits per heavy atom. The Kier molecular flexibility index (Phi) is 5.54. The number of rotatable bonds is 6. The Bertz CT molecular complexity index is 915. The summed E-state index contributed by atoms with van der Waals surface area (Å²) in [5, 5.41) is 6.31. The van der Waals surface area contributed by atoms with Crippen LogP contribution in [-0.4, -0.2) is 25.2 Å². The molecule has 1 amide bonds. The van der Waals surface area contributed by atoms with E-state index in [0.717, 1.165) is 22.7 Å². The van der Waals surface area contributed by atoms with Gasteiger partial charge in [-0.1, -0.05) is 60.7 Å². The number of hydrogen-bond donors (Lipinski definition) is 2. The lowest BCUT2D eigenvalue weighted by molar-refractivity contribution is -0.118. The fraction of sp³-hybridized carbons (Fsp3) is 0.174. The van der Waals surface area contributed by atoms with E-state index in [9.17, 15) is 4.79 Å². The fourth-order valence-electron chi connectivity index (χ4n) is 3.16. The standard InChI is InChI=1S/C23H22N2O3/c26-23(25-18-11-5-2-6-12-18)22(17-9-3-1-4-10-17)24-15-19-16-27-20-13-7-8-14-21(20)28-19/h1-14,19,22,24H,15-16H2,(H,25,26)/t19-,22+/m1/s1. The number of carbonyl (C=O) groups is 1. The highest BCUT2D eigenvalue weighted by molar-refractivity contribution is 5.95. The summed E-state index contributed by atoms with van der Waals surface area (Å²) in [6.45, 7) is 0.919. The van der Waals surface area contributed by atoms with Crippen molar-refractivity contribution in [2.45, 2.75) is 12.1 Å². The van der Waals surface area contributed by atoms with Crippen molar-refractivity contribution in [1.29, 1.82) is 0 Å². The third-order valence-electron chi connectivity index (χ3n) is 4.55. The van der Waals surface area contributed by atoms with Crippen molar-refractivity contribution >= 4 is 11.6 Å². The summed E-state index contributed by atoms with van der Waals surface area (Å²) in [6.07, 6.45) is -0.175. The molecule has 3 aromatic rings. The van der Waals surface area contributed by atoms with Gasteiger partial charge in [0.05, 0.1) is 0 Å². The number of carbonyl (C=O) groups excluding carboxylic acids is 1. The van der Waals surface area contributed by atoms with E-state index in [1.54, 1.807) is 0 Å². The van der Waals surface area contributed by atoms with Crippen molar-refractivity contribution in [2.75, 3.05) is 18.5 Å². The monoisotopic (exact) mass is 374 g/mol. The third kappa shape index (κ3) is 4.32. The summed E-state index contributed by atoms with van der Waals surface area (Å²) >= 11 is 0. The van der Waals surface area contributed by atoms with Gasteiger partial charge in [0.15, 0.2) is 11.5 Å². The minimum Gasteiger partial charge on any atom is -0.486 e. The van der Waals surface area contributed by atoms with Crippen molar-refractivity contribution in [1.82, 2.24) is 5.32 Å². The first-order valence-electron chi connectivity index (χ1n) is 9.32. The van der Waals surface area contributed by atoms with Crippen molar-refractivity contribution in [2.24, 2.45) is 0 Å². The van der Waals surface area contributed by atoms with Crippen LogP contribution in [0.2, 0.25) is 0 Å². The molecule has 0 saturated heterocycles. The van der Waals surface area contributed by atoms with Gasteiger partial charge in [0, 0.05) is 12.2 Å². The fourth-order valence-corrected chi connectivity index (χ4v) is 3.16. The van der Waals surface area contributed by atoms with Gasteiger partial charge < -0.3 is 14.8 Å². The molecule has 0 radical (unpaired) electrons. The van der Waals surface area contributed by atoms with Crippen LogP contribution in [0.15, 0.2) is 84.9 Å². The molecular weight excluding hydrogens is 352 g/mol. The van der Waals surface area contributed by atoms with Crippen LogP contribution in [0.1, 0.15) is 11.6 Å². The zero-order valence-electron chi connectivity index (χ0n) is 15.4. The number of nitrogens with one attached hydrogen (secondary N) is 2. The van der Waals surface area contributed by atoms with Crippen LogP contribution in [0, 0.1) is 0 Å². The van der Waals surface area contributed by atoms with Gasteiger partial charge in [0.25, 0.3) is 0 Å². The molecule has 5 nitrogen and oxygen atoms in total. The molecule has 1 aliphatic rings. The Morgan fingerprint density at radius 3 is 2.29 bits per heavy atom. The van der Waals surface area contributed by atoms with Crippen LogP contribution in [0.25, 0.3) is 0 Å². The molecule has 0 unspecified atom stereocenters. The molecule has 1 heterocycles. The van der Waals surface area contributed by atoms with Crippen molar-refractivity contribution in [3.05, 3.63) is 90.5 Å². The van der Waals surface area contributed by atoms with Crippen LogP contribution < -0.4 is 20.1 Å². The van der Waals surface area contributed by atoms with E-state index >= 15 is 0 Å². The number of hydrogen-bond acceptors (Lipinski definition) is 4. The lowest BCUT2D eigenvalue weighted by atomic mass is 10.1. The average molecular weight is 374 g/mol. The molecule has 0 aliphatic carbocycles. The van der Waals surface area contributed by atoms with E-state index in [1.165, 1.54) is 0 Å². The van der Waals surface area contributed by atoms with Gasteiger partial charge >= 0.3 is 0 Å². The van der Waals surface area contributed by atoms with Gasteiger partial charge in [0.2, 0.25) is 5.91 Å². The minimum atomic E-state index is -0.498. The SMILES string of the molecule is O=C(Nc1ccccc1)[C@@H](NC[C@@H]1COc2ccccc2O1)c1ccccc1. The van der Waals surface area contributed by atoms with E-state index in [2.05, 4.69) is 10.6 Å². The van der Waals surface area contributed by atoms with Crippen LogP contribution in [0.5, 0.6) is 11.5 Å². The van der Waals surface area contributed by atoms with E-state index in [1.807, 2.05) is 84.9 Å².